The standard InChI is InChI=1S/C14H12O4/c15-13(16)11-7-3-1-5-9(11)10-6-2-4-8-12(10)14(17)18/h1-8,13,15-16H,(H,17,18). The lowest BCUT2D eigenvalue weighted by Crippen LogP contribution is -2.03. The van der Waals surface area contributed by atoms with Crippen molar-refractivity contribution in [2.75, 3.05) is 0 Å². The van der Waals surface area contributed by atoms with Gasteiger partial charge in [0.1, 0.15) is 0 Å². The third kappa shape index (κ3) is 2.25. The maximum absolute atomic E-state index is 11.2. The van der Waals surface area contributed by atoms with Gasteiger partial charge in [0.25, 0.3) is 0 Å². The summed E-state index contributed by atoms with van der Waals surface area (Å²) < 4.78 is 0. The van der Waals surface area contributed by atoms with Gasteiger partial charge in [0.05, 0.1) is 5.56 Å². The quantitative estimate of drug-likeness (QED) is 0.722. The number of hydrogen-bond acceptors (Lipinski definition) is 3. The number of carboxylic acid groups (broad SMARTS) is 1. The molecule has 0 radical (unpaired) electrons. The van der Waals surface area contributed by atoms with Gasteiger partial charge in [0.2, 0.25) is 0 Å². The zero-order valence-electron chi connectivity index (χ0n) is 9.45. The summed E-state index contributed by atoms with van der Waals surface area (Å²) in [4.78, 5) is 11.2. The summed E-state index contributed by atoms with van der Waals surface area (Å²) in [5.74, 6) is -1.05. The number of aliphatic hydroxyl groups is 2. The molecule has 0 amide bonds. The summed E-state index contributed by atoms with van der Waals surface area (Å²) >= 11 is 0. The van der Waals surface area contributed by atoms with E-state index in [-0.39, 0.29) is 11.1 Å². The Kier molecular flexibility index (Phi) is 3.41. The molecule has 0 aliphatic rings. The topological polar surface area (TPSA) is 77.8 Å². The van der Waals surface area contributed by atoms with Gasteiger partial charge in [-0.25, -0.2) is 4.79 Å². The minimum Gasteiger partial charge on any atom is -0.478 e. The van der Waals surface area contributed by atoms with Crippen LogP contribution in [0.1, 0.15) is 22.2 Å². The Bertz CT molecular complexity index is 576. The monoisotopic (exact) mass is 244 g/mol. The zero-order valence-corrected chi connectivity index (χ0v) is 9.45. The molecule has 0 aliphatic carbocycles. The van der Waals surface area contributed by atoms with Crippen molar-refractivity contribution < 1.29 is 20.1 Å². The van der Waals surface area contributed by atoms with E-state index in [1.165, 1.54) is 6.07 Å². The van der Waals surface area contributed by atoms with E-state index < -0.39 is 12.3 Å². The highest BCUT2D eigenvalue weighted by Crippen LogP contribution is 2.29. The normalized spacial score (nSPS) is 10.6. The molecule has 0 bridgehead atoms. The fourth-order valence-corrected chi connectivity index (χ4v) is 1.87. The molecular formula is C14H12O4. The Morgan fingerprint density at radius 2 is 1.44 bits per heavy atom. The van der Waals surface area contributed by atoms with Crippen LogP contribution in [0.25, 0.3) is 11.1 Å². The fourth-order valence-electron chi connectivity index (χ4n) is 1.87. The third-order valence-corrected chi connectivity index (χ3v) is 2.69. The predicted molar refractivity (Wildman–Crippen MR) is 66.0 cm³/mol. The van der Waals surface area contributed by atoms with Crippen LogP contribution in [0, 0.1) is 0 Å². The Morgan fingerprint density at radius 1 is 0.889 bits per heavy atom. The van der Waals surface area contributed by atoms with Crippen molar-refractivity contribution in [1.29, 1.82) is 0 Å². The second-order valence-electron chi connectivity index (χ2n) is 3.81. The molecule has 4 heteroatoms. The zero-order chi connectivity index (χ0) is 13.1. The summed E-state index contributed by atoms with van der Waals surface area (Å²) in [6.45, 7) is 0. The Morgan fingerprint density at radius 3 is 2.06 bits per heavy atom. The second kappa shape index (κ2) is 5.00. The van der Waals surface area contributed by atoms with Gasteiger partial charge in [-0.2, -0.15) is 0 Å². The number of carbonyl (C=O) groups is 1. The smallest absolute Gasteiger partial charge is 0.336 e. The lowest BCUT2D eigenvalue weighted by molar-refractivity contribution is -0.0420. The number of benzene rings is 2. The minimum atomic E-state index is -1.64. The van der Waals surface area contributed by atoms with Crippen molar-refractivity contribution >= 4 is 5.97 Å². The summed E-state index contributed by atoms with van der Waals surface area (Å²) in [6, 6.07) is 13.1. The molecule has 0 spiro atoms. The number of carboxylic acids is 1. The molecule has 0 atom stereocenters. The summed E-state index contributed by atoms with van der Waals surface area (Å²) in [7, 11) is 0. The lowest BCUT2D eigenvalue weighted by atomic mass is 9.95. The summed E-state index contributed by atoms with van der Waals surface area (Å²) in [6.07, 6.45) is -1.64. The van der Waals surface area contributed by atoms with Gasteiger partial charge in [-0.05, 0) is 17.2 Å². The average Bonchev–Trinajstić information content (AvgIpc) is 2.38. The molecule has 0 heterocycles. The number of aliphatic hydroxyl groups excluding tert-OH is 1. The van der Waals surface area contributed by atoms with Crippen LogP contribution >= 0.6 is 0 Å². The molecule has 2 rings (SSSR count). The van der Waals surface area contributed by atoms with E-state index in [0.29, 0.717) is 11.1 Å². The summed E-state index contributed by atoms with van der Waals surface area (Å²) in [5, 5.41) is 27.7. The van der Waals surface area contributed by atoms with E-state index in [0.717, 1.165) is 0 Å². The van der Waals surface area contributed by atoms with E-state index in [1.807, 2.05) is 0 Å². The van der Waals surface area contributed by atoms with E-state index in [2.05, 4.69) is 0 Å². The van der Waals surface area contributed by atoms with Gasteiger partial charge in [-0.3, -0.25) is 0 Å². The largest absolute Gasteiger partial charge is 0.478 e. The first-order valence-corrected chi connectivity index (χ1v) is 5.39. The molecule has 0 aliphatic heterocycles. The van der Waals surface area contributed by atoms with Crippen LogP contribution < -0.4 is 0 Å². The molecular weight excluding hydrogens is 232 g/mol. The molecule has 2 aromatic rings. The van der Waals surface area contributed by atoms with Crippen molar-refractivity contribution in [2.45, 2.75) is 6.29 Å². The molecule has 0 saturated heterocycles. The maximum Gasteiger partial charge on any atom is 0.336 e. The highest BCUT2D eigenvalue weighted by atomic mass is 16.5. The predicted octanol–water partition coefficient (Wildman–Crippen LogP) is 2.04. The Balaban J connectivity index is 2.66. The molecule has 0 fully saturated rings. The van der Waals surface area contributed by atoms with E-state index in [9.17, 15) is 15.0 Å². The highest BCUT2D eigenvalue weighted by molar-refractivity contribution is 5.96. The highest BCUT2D eigenvalue weighted by Gasteiger charge is 2.15. The summed E-state index contributed by atoms with van der Waals surface area (Å²) in [5.41, 5.74) is 1.39. The molecule has 0 unspecified atom stereocenters. The van der Waals surface area contributed by atoms with E-state index in [4.69, 9.17) is 5.11 Å². The lowest BCUT2D eigenvalue weighted by Gasteiger charge is -2.13. The van der Waals surface area contributed by atoms with Crippen LogP contribution in [-0.4, -0.2) is 21.3 Å². The van der Waals surface area contributed by atoms with Crippen molar-refractivity contribution in [3.05, 3.63) is 59.7 Å². The first-order chi connectivity index (χ1) is 8.61. The van der Waals surface area contributed by atoms with Gasteiger partial charge >= 0.3 is 5.97 Å². The molecule has 3 N–H and O–H groups in total. The van der Waals surface area contributed by atoms with Gasteiger partial charge in [0, 0.05) is 5.56 Å². The first-order valence-electron chi connectivity index (χ1n) is 5.39. The Labute approximate surface area is 104 Å². The van der Waals surface area contributed by atoms with E-state index >= 15 is 0 Å². The SMILES string of the molecule is O=C(O)c1ccccc1-c1ccccc1C(O)O. The molecule has 0 saturated carbocycles. The van der Waals surface area contributed by atoms with Gasteiger partial charge in [0.15, 0.2) is 6.29 Å². The van der Waals surface area contributed by atoms with Gasteiger partial charge < -0.3 is 15.3 Å². The molecule has 18 heavy (non-hydrogen) atoms. The van der Waals surface area contributed by atoms with Crippen molar-refractivity contribution in [2.24, 2.45) is 0 Å². The fraction of sp³-hybridized carbons (Fsp3) is 0.0714. The van der Waals surface area contributed by atoms with Crippen molar-refractivity contribution in [1.82, 2.24) is 0 Å². The average molecular weight is 244 g/mol. The van der Waals surface area contributed by atoms with Gasteiger partial charge in [-0.1, -0.05) is 42.5 Å². The minimum absolute atomic E-state index is 0.130. The van der Waals surface area contributed by atoms with Crippen LogP contribution in [0.5, 0.6) is 0 Å². The number of rotatable bonds is 3. The van der Waals surface area contributed by atoms with Crippen molar-refractivity contribution in [3.8, 4) is 11.1 Å². The van der Waals surface area contributed by atoms with Crippen LogP contribution in [-0.2, 0) is 0 Å². The molecule has 4 nitrogen and oxygen atoms in total. The number of aromatic carboxylic acids is 1. The maximum atomic E-state index is 11.2. The van der Waals surface area contributed by atoms with Crippen LogP contribution in [0.3, 0.4) is 0 Å². The van der Waals surface area contributed by atoms with E-state index in [1.54, 1.807) is 42.5 Å². The Hall–Kier alpha value is -2.17. The van der Waals surface area contributed by atoms with Crippen LogP contribution in [0.2, 0.25) is 0 Å². The third-order valence-electron chi connectivity index (χ3n) is 2.69. The van der Waals surface area contributed by atoms with Crippen LogP contribution in [0.15, 0.2) is 48.5 Å². The molecule has 0 aromatic heterocycles. The number of hydrogen-bond donors (Lipinski definition) is 3. The van der Waals surface area contributed by atoms with Crippen LogP contribution in [0.4, 0.5) is 0 Å². The van der Waals surface area contributed by atoms with Gasteiger partial charge in [-0.15, -0.1) is 0 Å². The first kappa shape index (κ1) is 12.3. The van der Waals surface area contributed by atoms with Crippen molar-refractivity contribution in [3.63, 3.8) is 0 Å². The molecule has 2 aromatic carbocycles. The second-order valence-corrected chi connectivity index (χ2v) is 3.81. The molecule has 92 valence electrons.